The molecule has 1 aliphatic carbocycles. The fraction of sp³-hybridized carbons (Fsp3) is 0.421. The molecular weight excluding hydrogens is 290 g/mol. The molecule has 1 aromatic carbocycles. The molecule has 0 bridgehead atoms. The van der Waals surface area contributed by atoms with Crippen molar-refractivity contribution < 1.29 is 4.79 Å². The molecule has 3 rings (SSSR count). The summed E-state index contributed by atoms with van der Waals surface area (Å²) in [6, 6.07) is 13.0. The molecule has 1 amide bonds. The Morgan fingerprint density at radius 3 is 2.55 bits per heavy atom. The number of carbonyl (C=O) groups is 1. The normalized spacial score (nSPS) is 15.1. The quantitative estimate of drug-likeness (QED) is 0.778. The van der Waals surface area contributed by atoms with E-state index in [1.54, 1.807) is 11.3 Å². The third kappa shape index (κ3) is 3.98. The monoisotopic (exact) mass is 313 g/mol. The van der Waals surface area contributed by atoms with E-state index in [4.69, 9.17) is 0 Å². The van der Waals surface area contributed by atoms with E-state index in [1.165, 1.54) is 31.2 Å². The van der Waals surface area contributed by atoms with Crippen LogP contribution < -0.4 is 0 Å². The van der Waals surface area contributed by atoms with E-state index >= 15 is 0 Å². The summed E-state index contributed by atoms with van der Waals surface area (Å²) in [6.07, 6.45) is 6.37. The van der Waals surface area contributed by atoms with Crippen LogP contribution >= 0.6 is 11.3 Å². The van der Waals surface area contributed by atoms with Gasteiger partial charge in [0.05, 0.1) is 6.42 Å². The third-order valence-corrected chi connectivity index (χ3v) is 5.24. The number of benzene rings is 1. The van der Waals surface area contributed by atoms with Gasteiger partial charge in [0.2, 0.25) is 5.91 Å². The highest BCUT2D eigenvalue weighted by Crippen LogP contribution is 2.24. The Bertz CT molecular complexity index is 573. The van der Waals surface area contributed by atoms with Gasteiger partial charge in [0.1, 0.15) is 0 Å². The second-order valence-electron chi connectivity index (χ2n) is 6.07. The molecule has 1 aromatic heterocycles. The summed E-state index contributed by atoms with van der Waals surface area (Å²) in [5, 5.41) is 4.13. The van der Waals surface area contributed by atoms with Crippen LogP contribution in [-0.4, -0.2) is 23.4 Å². The molecule has 0 unspecified atom stereocenters. The fourth-order valence-corrected chi connectivity index (χ4v) is 3.96. The van der Waals surface area contributed by atoms with Gasteiger partial charge in [0.15, 0.2) is 0 Å². The minimum Gasteiger partial charge on any atom is -0.339 e. The van der Waals surface area contributed by atoms with Crippen molar-refractivity contribution in [1.29, 1.82) is 0 Å². The largest absolute Gasteiger partial charge is 0.339 e. The average Bonchev–Trinajstić information content (AvgIpc) is 3.22. The second kappa shape index (κ2) is 7.59. The predicted molar refractivity (Wildman–Crippen MR) is 92.1 cm³/mol. The maximum Gasteiger partial charge on any atom is 0.227 e. The van der Waals surface area contributed by atoms with Gasteiger partial charge in [-0.15, -0.1) is 0 Å². The highest BCUT2D eigenvalue weighted by molar-refractivity contribution is 7.07. The topological polar surface area (TPSA) is 20.3 Å². The van der Waals surface area contributed by atoms with Crippen LogP contribution in [0.25, 0.3) is 0 Å². The first-order valence-electron chi connectivity index (χ1n) is 8.17. The molecule has 1 aliphatic rings. The van der Waals surface area contributed by atoms with E-state index in [0.29, 0.717) is 18.4 Å². The molecule has 2 nitrogen and oxygen atoms in total. The summed E-state index contributed by atoms with van der Waals surface area (Å²) >= 11 is 1.67. The molecule has 22 heavy (non-hydrogen) atoms. The first kappa shape index (κ1) is 15.3. The van der Waals surface area contributed by atoms with Crippen LogP contribution in [0.5, 0.6) is 0 Å². The van der Waals surface area contributed by atoms with E-state index in [2.05, 4.69) is 40.6 Å². The van der Waals surface area contributed by atoms with Gasteiger partial charge in [-0.3, -0.25) is 4.79 Å². The van der Waals surface area contributed by atoms with Crippen molar-refractivity contribution in [3.8, 4) is 0 Å². The SMILES string of the molecule is O=C(Cc1ccsc1)N(CCc1ccccc1)C1CCCC1. The van der Waals surface area contributed by atoms with Crippen molar-refractivity contribution >= 4 is 17.2 Å². The molecular formula is C19H23NOS. The van der Waals surface area contributed by atoms with Crippen molar-refractivity contribution in [3.05, 3.63) is 58.3 Å². The van der Waals surface area contributed by atoms with Gasteiger partial charge in [-0.2, -0.15) is 11.3 Å². The molecule has 1 saturated carbocycles. The molecule has 0 aliphatic heterocycles. The Balaban J connectivity index is 1.65. The van der Waals surface area contributed by atoms with Gasteiger partial charge in [0, 0.05) is 12.6 Å². The average molecular weight is 313 g/mol. The van der Waals surface area contributed by atoms with E-state index in [-0.39, 0.29) is 0 Å². The summed E-state index contributed by atoms with van der Waals surface area (Å²) < 4.78 is 0. The third-order valence-electron chi connectivity index (χ3n) is 4.51. The standard InChI is InChI=1S/C19H23NOS/c21-19(14-17-11-13-22-15-17)20(18-8-4-5-9-18)12-10-16-6-2-1-3-7-16/h1-3,6-7,11,13,15,18H,4-5,8-10,12,14H2. The predicted octanol–water partition coefficient (Wildman–Crippen LogP) is 4.30. The van der Waals surface area contributed by atoms with Crippen LogP contribution in [0.2, 0.25) is 0 Å². The smallest absolute Gasteiger partial charge is 0.227 e. The number of amides is 1. The van der Waals surface area contributed by atoms with Crippen molar-refractivity contribution in [3.63, 3.8) is 0 Å². The lowest BCUT2D eigenvalue weighted by Crippen LogP contribution is -2.41. The fourth-order valence-electron chi connectivity index (χ4n) is 3.29. The van der Waals surface area contributed by atoms with Crippen molar-refractivity contribution in [1.82, 2.24) is 4.90 Å². The minimum absolute atomic E-state index is 0.293. The lowest BCUT2D eigenvalue weighted by atomic mass is 10.1. The maximum atomic E-state index is 12.7. The lowest BCUT2D eigenvalue weighted by Gasteiger charge is -2.29. The van der Waals surface area contributed by atoms with Crippen LogP contribution in [0, 0.1) is 0 Å². The highest BCUT2D eigenvalue weighted by Gasteiger charge is 2.26. The number of hydrogen-bond donors (Lipinski definition) is 0. The summed E-state index contributed by atoms with van der Waals surface area (Å²) in [4.78, 5) is 14.9. The van der Waals surface area contributed by atoms with Gasteiger partial charge in [0.25, 0.3) is 0 Å². The number of hydrogen-bond acceptors (Lipinski definition) is 2. The Kier molecular flexibility index (Phi) is 5.28. The molecule has 2 aromatic rings. The molecule has 0 saturated heterocycles. The van der Waals surface area contributed by atoms with Gasteiger partial charge in [-0.05, 0) is 47.2 Å². The Morgan fingerprint density at radius 1 is 1.09 bits per heavy atom. The molecule has 0 radical (unpaired) electrons. The van der Waals surface area contributed by atoms with Gasteiger partial charge in [-0.25, -0.2) is 0 Å². The molecule has 1 fully saturated rings. The van der Waals surface area contributed by atoms with E-state index in [9.17, 15) is 4.79 Å². The summed E-state index contributed by atoms with van der Waals surface area (Å²) in [7, 11) is 0. The number of carbonyl (C=O) groups excluding carboxylic acids is 1. The number of rotatable bonds is 6. The first-order chi connectivity index (χ1) is 10.8. The summed E-state index contributed by atoms with van der Waals surface area (Å²) in [5.74, 6) is 0.293. The molecule has 116 valence electrons. The first-order valence-corrected chi connectivity index (χ1v) is 9.11. The van der Waals surface area contributed by atoms with E-state index in [1.807, 2.05) is 11.4 Å². The zero-order valence-corrected chi connectivity index (χ0v) is 13.7. The van der Waals surface area contributed by atoms with Crippen LogP contribution in [0.1, 0.15) is 36.8 Å². The molecule has 0 N–H and O–H groups in total. The van der Waals surface area contributed by atoms with Gasteiger partial charge < -0.3 is 4.90 Å². The molecule has 0 spiro atoms. The highest BCUT2D eigenvalue weighted by atomic mass is 32.1. The minimum atomic E-state index is 0.293. The van der Waals surface area contributed by atoms with Gasteiger partial charge in [-0.1, -0.05) is 43.2 Å². The van der Waals surface area contributed by atoms with Crippen molar-refractivity contribution in [2.45, 2.75) is 44.6 Å². The summed E-state index contributed by atoms with van der Waals surface area (Å²) in [5.41, 5.74) is 2.46. The molecule has 1 heterocycles. The maximum absolute atomic E-state index is 12.7. The van der Waals surface area contributed by atoms with Crippen molar-refractivity contribution in [2.75, 3.05) is 6.54 Å². The van der Waals surface area contributed by atoms with E-state index < -0.39 is 0 Å². The number of thiophene rings is 1. The van der Waals surface area contributed by atoms with Crippen LogP contribution in [0.3, 0.4) is 0 Å². The Labute approximate surface area is 136 Å². The Hall–Kier alpha value is -1.61. The van der Waals surface area contributed by atoms with Crippen LogP contribution in [-0.2, 0) is 17.6 Å². The molecule has 3 heteroatoms. The lowest BCUT2D eigenvalue weighted by molar-refractivity contribution is -0.132. The second-order valence-corrected chi connectivity index (χ2v) is 6.85. The van der Waals surface area contributed by atoms with Crippen LogP contribution in [0.15, 0.2) is 47.2 Å². The number of nitrogens with zero attached hydrogens (tertiary/aromatic N) is 1. The van der Waals surface area contributed by atoms with Crippen LogP contribution in [0.4, 0.5) is 0 Å². The molecule has 0 atom stereocenters. The van der Waals surface area contributed by atoms with Crippen molar-refractivity contribution in [2.24, 2.45) is 0 Å². The zero-order chi connectivity index (χ0) is 15.2. The van der Waals surface area contributed by atoms with E-state index in [0.717, 1.165) is 18.5 Å². The van der Waals surface area contributed by atoms with Gasteiger partial charge >= 0.3 is 0 Å². The Morgan fingerprint density at radius 2 is 1.86 bits per heavy atom. The summed E-state index contributed by atoms with van der Waals surface area (Å²) in [6.45, 7) is 0.845. The zero-order valence-electron chi connectivity index (χ0n) is 12.9.